The van der Waals surface area contributed by atoms with Gasteiger partial charge in [-0.2, -0.15) is 4.98 Å². The SMILES string of the molecule is CCC1C(=O)N(C)c2cnc(Nc3ccc(C(=O)NC4CC5CN(C)CC5C4)c4c3OC(C)(C)C4)nc2N1C1CCCC1. The highest BCUT2D eigenvalue weighted by Gasteiger charge is 2.43. The van der Waals surface area contributed by atoms with E-state index in [1.807, 2.05) is 19.2 Å². The van der Waals surface area contributed by atoms with Crippen molar-refractivity contribution in [3.05, 3.63) is 29.5 Å². The summed E-state index contributed by atoms with van der Waals surface area (Å²) in [5.41, 5.74) is 2.66. The van der Waals surface area contributed by atoms with Crippen molar-refractivity contribution < 1.29 is 14.3 Å². The van der Waals surface area contributed by atoms with Crippen molar-refractivity contribution in [2.45, 2.75) is 95.9 Å². The first-order valence-corrected chi connectivity index (χ1v) is 16.2. The van der Waals surface area contributed by atoms with Gasteiger partial charge in [0.15, 0.2) is 5.82 Å². The Morgan fingerprint density at radius 3 is 2.53 bits per heavy atom. The summed E-state index contributed by atoms with van der Waals surface area (Å²) in [6.07, 6.45) is 9.71. The zero-order valence-corrected chi connectivity index (χ0v) is 26.2. The number of nitrogens with one attached hydrogen (secondary N) is 2. The van der Waals surface area contributed by atoms with Crippen LogP contribution < -0.4 is 25.2 Å². The van der Waals surface area contributed by atoms with E-state index >= 15 is 0 Å². The summed E-state index contributed by atoms with van der Waals surface area (Å²) in [6, 6.07) is 4.12. The van der Waals surface area contributed by atoms with Gasteiger partial charge >= 0.3 is 0 Å². The molecule has 2 N–H and O–H groups in total. The Morgan fingerprint density at radius 1 is 1.12 bits per heavy atom. The molecule has 0 bridgehead atoms. The van der Waals surface area contributed by atoms with Crippen molar-refractivity contribution in [2.75, 3.05) is 42.3 Å². The minimum absolute atomic E-state index is 0.0158. The smallest absolute Gasteiger partial charge is 0.251 e. The second-order valence-electron chi connectivity index (χ2n) is 14.1. The zero-order valence-electron chi connectivity index (χ0n) is 26.2. The number of carbonyl (C=O) groups excluding carboxylic acids is 2. The molecule has 2 amide bonds. The number of hydrogen-bond acceptors (Lipinski definition) is 8. The van der Waals surface area contributed by atoms with Crippen LogP contribution in [0.15, 0.2) is 18.3 Å². The summed E-state index contributed by atoms with van der Waals surface area (Å²) in [5, 5.41) is 6.77. The maximum Gasteiger partial charge on any atom is 0.251 e. The van der Waals surface area contributed by atoms with E-state index in [1.165, 1.54) is 12.8 Å². The van der Waals surface area contributed by atoms with Crippen molar-refractivity contribution in [1.29, 1.82) is 0 Å². The number of aromatic nitrogens is 2. The molecule has 10 heteroatoms. The Kier molecular flexibility index (Phi) is 7.02. The number of likely N-dealkylation sites (tertiary alicyclic amines) is 1. The molecule has 1 aromatic heterocycles. The van der Waals surface area contributed by atoms with E-state index in [2.05, 4.69) is 53.2 Å². The van der Waals surface area contributed by atoms with Gasteiger partial charge in [0, 0.05) is 49.8 Å². The van der Waals surface area contributed by atoms with E-state index in [9.17, 15) is 9.59 Å². The van der Waals surface area contributed by atoms with E-state index in [1.54, 1.807) is 11.1 Å². The number of likely N-dealkylation sites (N-methyl/N-ethyl adjacent to an activating group) is 1. The largest absolute Gasteiger partial charge is 0.485 e. The second kappa shape index (κ2) is 10.6. The summed E-state index contributed by atoms with van der Waals surface area (Å²) in [7, 11) is 4.00. The fourth-order valence-electron chi connectivity index (χ4n) is 8.45. The Bertz CT molecular complexity index is 1420. The Balaban J connectivity index is 1.16. The van der Waals surface area contributed by atoms with Crippen LogP contribution in [-0.2, 0) is 11.2 Å². The lowest BCUT2D eigenvalue weighted by Crippen LogP contribution is -2.55. The van der Waals surface area contributed by atoms with Crippen molar-refractivity contribution in [1.82, 2.24) is 20.2 Å². The molecule has 43 heavy (non-hydrogen) atoms. The summed E-state index contributed by atoms with van der Waals surface area (Å²) in [5.74, 6) is 3.40. The molecule has 3 aliphatic heterocycles. The van der Waals surface area contributed by atoms with Crippen LogP contribution in [-0.4, -0.2) is 77.6 Å². The van der Waals surface area contributed by atoms with Crippen LogP contribution in [0.4, 0.5) is 23.1 Å². The number of carbonyl (C=O) groups is 2. The second-order valence-corrected chi connectivity index (χ2v) is 14.1. The van der Waals surface area contributed by atoms with E-state index < -0.39 is 5.60 Å². The van der Waals surface area contributed by atoms with Crippen LogP contribution in [0.5, 0.6) is 5.75 Å². The normalized spacial score (nSPS) is 28.1. The first kappa shape index (κ1) is 28.4. The lowest BCUT2D eigenvalue weighted by molar-refractivity contribution is -0.120. The zero-order chi connectivity index (χ0) is 30.0. The van der Waals surface area contributed by atoms with E-state index in [-0.39, 0.29) is 23.9 Å². The molecule has 3 atom stereocenters. The van der Waals surface area contributed by atoms with Gasteiger partial charge in [-0.15, -0.1) is 0 Å². The summed E-state index contributed by atoms with van der Waals surface area (Å²) in [4.78, 5) is 42.9. The average Bonchev–Trinajstić information content (AvgIpc) is 3.74. The molecule has 10 nitrogen and oxygen atoms in total. The number of nitrogens with zero attached hydrogens (tertiary/aromatic N) is 5. The Labute approximate surface area is 254 Å². The molecule has 2 saturated carbocycles. The molecule has 3 unspecified atom stereocenters. The minimum Gasteiger partial charge on any atom is -0.485 e. The van der Waals surface area contributed by atoms with Crippen molar-refractivity contribution in [3.8, 4) is 5.75 Å². The quantitative estimate of drug-likeness (QED) is 0.509. The van der Waals surface area contributed by atoms with E-state index in [4.69, 9.17) is 9.72 Å². The van der Waals surface area contributed by atoms with Crippen LogP contribution in [0.3, 0.4) is 0 Å². The van der Waals surface area contributed by atoms with Crippen molar-refractivity contribution in [3.63, 3.8) is 0 Å². The molecule has 3 fully saturated rings. The lowest BCUT2D eigenvalue weighted by Gasteiger charge is -2.43. The maximum atomic E-state index is 13.6. The number of anilines is 4. The van der Waals surface area contributed by atoms with Gasteiger partial charge in [-0.25, -0.2) is 4.98 Å². The highest BCUT2D eigenvalue weighted by Crippen LogP contribution is 2.45. The van der Waals surface area contributed by atoms with Gasteiger partial charge in [-0.3, -0.25) is 9.59 Å². The molecule has 1 saturated heterocycles. The number of rotatable bonds is 6. The topological polar surface area (TPSA) is 103 Å². The highest BCUT2D eigenvalue weighted by molar-refractivity contribution is 6.04. The number of amides is 2. The number of ether oxygens (including phenoxy) is 1. The molecule has 0 spiro atoms. The predicted octanol–water partition coefficient (Wildman–Crippen LogP) is 4.51. The number of hydrogen-bond donors (Lipinski definition) is 2. The first-order chi connectivity index (χ1) is 20.6. The van der Waals surface area contributed by atoms with Gasteiger partial charge in [0.05, 0.1) is 11.9 Å². The third-order valence-corrected chi connectivity index (χ3v) is 10.4. The standard InChI is InChI=1S/C33H45N7O3/c1-6-26-31(42)39(5)27-16-34-32(37-29(27)40(26)22-9-7-8-10-22)36-25-12-11-23(24-15-33(2,3)43-28(24)25)30(41)35-21-13-19-17-38(4)18-20(19)14-21/h11-12,16,19-22,26H,6-10,13-15,17-18H2,1-5H3,(H,35,41)(H,34,36,37). The van der Waals surface area contributed by atoms with Gasteiger partial charge in [0.25, 0.3) is 5.91 Å². The third kappa shape index (κ3) is 5.01. The molecule has 1 aromatic carbocycles. The number of benzene rings is 1. The molecular formula is C33H45N7O3. The molecule has 2 aliphatic carbocycles. The molecule has 0 radical (unpaired) electrons. The third-order valence-electron chi connectivity index (χ3n) is 10.4. The fraction of sp³-hybridized carbons (Fsp3) is 0.636. The summed E-state index contributed by atoms with van der Waals surface area (Å²) < 4.78 is 6.44. The molecular weight excluding hydrogens is 542 g/mol. The summed E-state index contributed by atoms with van der Waals surface area (Å²) in [6.45, 7) is 8.44. The molecule has 2 aromatic rings. The Morgan fingerprint density at radius 2 is 1.84 bits per heavy atom. The predicted molar refractivity (Wildman–Crippen MR) is 167 cm³/mol. The van der Waals surface area contributed by atoms with Gasteiger partial charge in [0.1, 0.15) is 23.1 Å². The van der Waals surface area contributed by atoms with Gasteiger partial charge < -0.3 is 30.1 Å². The molecule has 5 aliphatic rings. The molecule has 7 rings (SSSR count). The number of fused-ring (bicyclic) bond motifs is 3. The van der Waals surface area contributed by atoms with Crippen molar-refractivity contribution in [2.24, 2.45) is 11.8 Å². The average molecular weight is 588 g/mol. The van der Waals surface area contributed by atoms with Crippen LogP contribution >= 0.6 is 0 Å². The van der Waals surface area contributed by atoms with Crippen molar-refractivity contribution >= 4 is 35.0 Å². The lowest BCUT2D eigenvalue weighted by atomic mass is 9.96. The van der Waals surface area contributed by atoms with E-state index in [0.29, 0.717) is 41.6 Å². The molecule has 4 heterocycles. The van der Waals surface area contributed by atoms with E-state index in [0.717, 1.165) is 67.9 Å². The monoisotopic (exact) mass is 587 g/mol. The van der Waals surface area contributed by atoms with Gasteiger partial charge in [-0.1, -0.05) is 19.8 Å². The Hall–Kier alpha value is -3.40. The first-order valence-electron chi connectivity index (χ1n) is 16.2. The van der Waals surface area contributed by atoms with Crippen LogP contribution in [0.25, 0.3) is 0 Å². The summed E-state index contributed by atoms with van der Waals surface area (Å²) >= 11 is 0. The van der Waals surface area contributed by atoms with Crippen LogP contribution in [0.2, 0.25) is 0 Å². The van der Waals surface area contributed by atoms with Crippen LogP contribution in [0.1, 0.15) is 81.6 Å². The van der Waals surface area contributed by atoms with Gasteiger partial charge in [0.2, 0.25) is 11.9 Å². The molecule has 230 valence electrons. The van der Waals surface area contributed by atoms with Gasteiger partial charge in [-0.05, 0) is 77.0 Å². The highest BCUT2D eigenvalue weighted by atomic mass is 16.5. The minimum atomic E-state index is -0.433. The maximum absolute atomic E-state index is 13.6. The van der Waals surface area contributed by atoms with Crippen LogP contribution in [0, 0.1) is 11.8 Å². The fourth-order valence-corrected chi connectivity index (χ4v) is 8.45.